The summed E-state index contributed by atoms with van der Waals surface area (Å²) in [6, 6.07) is 5.46. The summed E-state index contributed by atoms with van der Waals surface area (Å²) in [5.74, 6) is 10.6. The molecule has 1 aliphatic carbocycles. The monoisotopic (exact) mass is 451 g/mol. The highest BCUT2D eigenvalue weighted by Crippen LogP contribution is 2.57. The van der Waals surface area contributed by atoms with Crippen LogP contribution in [0.4, 0.5) is 0 Å². The molecular formula is C22H27Cl2N3OS. The SMILES string of the molecule is [NH-][N+]1=C2CCSC23CCC1(C(=O)Cc1ccc(Cl)c(Cl)c1)C(CN1CCCC1)C3. The van der Waals surface area contributed by atoms with E-state index in [1.54, 1.807) is 16.8 Å². The molecule has 4 aliphatic heterocycles. The van der Waals surface area contributed by atoms with Gasteiger partial charge in [0.05, 0.1) is 14.8 Å². The molecule has 156 valence electrons. The van der Waals surface area contributed by atoms with Gasteiger partial charge in [0, 0.05) is 37.5 Å². The number of nitrogens with zero attached hydrogens (tertiary/aromatic N) is 2. The number of halogens is 2. The summed E-state index contributed by atoms with van der Waals surface area (Å²) in [4.78, 5) is 16.4. The zero-order valence-corrected chi connectivity index (χ0v) is 18.9. The van der Waals surface area contributed by atoms with Crippen molar-refractivity contribution in [3.05, 3.63) is 39.7 Å². The van der Waals surface area contributed by atoms with Crippen molar-refractivity contribution in [2.75, 3.05) is 25.4 Å². The van der Waals surface area contributed by atoms with Gasteiger partial charge in [0.2, 0.25) is 11.3 Å². The summed E-state index contributed by atoms with van der Waals surface area (Å²) < 4.78 is 1.80. The molecule has 5 aliphatic rings. The van der Waals surface area contributed by atoms with Crippen LogP contribution in [0.2, 0.25) is 10.0 Å². The second-order valence-electron chi connectivity index (χ2n) is 9.06. The van der Waals surface area contributed by atoms with Crippen molar-refractivity contribution in [1.29, 1.82) is 0 Å². The van der Waals surface area contributed by atoms with Gasteiger partial charge >= 0.3 is 0 Å². The summed E-state index contributed by atoms with van der Waals surface area (Å²) in [6.07, 6.45) is 6.64. The lowest BCUT2D eigenvalue weighted by atomic mass is 9.61. The molecule has 0 amide bonds. The number of benzene rings is 1. The first-order valence-electron chi connectivity index (χ1n) is 10.7. The average molecular weight is 452 g/mol. The van der Waals surface area contributed by atoms with E-state index in [1.807, 2.05) is 17.8 Å². The number of Topliss-reactive ketones (excluding diaryl/α,β-unsaturated/α-hetero) is 1. The number of hydrogen-bond acceptors (Lipinski definition) is 3. The highest BCUT2D eigenvalue weighted by Gasteiger charge is 2.67. The van der Waals surface area contributed by atoms with E-state index < -0.39 is 5.54 Å². The molecule has 6 rings (SSSR count). The van der Waals surface area contributed by atoms with E-state index in [1.165, 1.54) is 18.6 Å². The van der Waals surface area contributed by atoms with Crippen LogP contribution in [0.5, 0.6) is 0 Å². The van der Waals surface area contributed by atoms with Crippen molar-refractivity contribution >= 4 is 46.5 Å². The van der Waals surface area contributed by atoms with Crippen molar-refractivity contribution in [1.82, 2.24) is 4.90 Å². The third-order valence-corrected chi connectivity index (χ3v) is 9.89. The molecule has 0 aromatic heterocycles. The fraction of sp³-hybridized carbons (Fsp3) is 0.636. The average Bonchev–Trinajstić information content (AvgIpc) is 3.35. The van der Waals surface area contributed by atoms with Gasteiger partial charge in [-0.1, -0.05) is 29.3 Å². The molecule has 3 atom stereocenters. The molecular weight excluding hydrogens is 425 g/mol. The zero-order chi connectivity index (χ0) is 20.2. The minimum Gasteiger partial charge on any atom is -0.454 e. The fourth-order valence-corrected chi connectivity index (χ4v) is 8.07. The maximum absolute atomic E-state index is 13.8. The molecule has 7 heteroatoms. The largest absolute Gasteiger partial charge is 0.454 e. The summed E-state index contributed by atoms with van der Waals surface area (Å²) in [7, 11) is 0. The van der Waals surface area contributed by atoms with Crippen LogP contribution in [0.25, 0.3) is 5.84 Å². The van der Waals surface area contributed by atoms with Gasteiger partial charge in [0.15, 0.2) is 5.71 Å². The predicted octanol–water partition coefficient (Wildman–Crippen LogP) is 5.05. The van der Waals surface area contributed by atoms with Crippen molar-refractivity contribution in [2.24, 2.45) is 5.92 Å². The quantitative estimate of drug-likeness (QED) is 0.588. The normalized spacial score (nSPS) is 34.1. The Morgan fingerprint density at radius 3 is 2.79 bits per heavy atom. The zero-order valence-electron chi connectivity index (χ0n) is 16.6. The fourth-order valence-electron chi connectivity index (χ4n) is 6.14. The third kappa shape index (κ3) is 3.15. The number of hydrogen-bond donors (Lipinski definition) is 0. The van der Waals surface area contributed by atoms with E-state index in [4.69, 9.17) is 29.0 Å². The molecule has 4 nitrogen and oxygen atoms in total. The van der Waals surface area contributed by atoms with E-state index in [0.29, 0.717) is 16.5 Å². The van der Waals surface area contributed by atoms with Gasteiger partial charge in [0.1, 0.15) is 0 Å². The third-order valence-electron chi connectivity index (χ3n) is 7.58. The molecule has 4 heterocycles. The molecule has 1 aromatic rings. The number of fused-ring (bicyclic) bond motifs is 2. The Balaban J connectivity index is 1.51. The van der Waals surface area contributed by atoms with E-state index in [9.17, 15) is 4.79 Å². The van der Waals surface area contributed by atoms with Crippen LogP contribution in [-0.2, 0) is 11.2 Å². The van der Waals surface area contributed by atoms with Crippen molar-refractivity contribution in [2.45, 2.75) is 55.2 Å². The van der Waals surface area contributed by atoms with Gasteiger partial charge in [-0.25, -0.2) is 0 Å². The van der Waals surface area contributed by atoms with Crippen molar-refractivity contribution in [3.8, 4) is 0 Å². The van der Waals surface area contributed by atoms with Crippen molar-refractivity contribution < 1.29 is 9.48 Å². The lowest BCUT2D eigenvalue weighted by molar-refractivity contribution is -0.560. The first kappa shape index (κ1) is 20.2. The number of nitrogens with one attached hydrogen (secondary N) is 1. The topological polar surface area (TPSA) is 47.1 Å². The molecule has 1 N–H and O–H groups in total. The van der Waals surface area contributed by atoms with Crippen molar-refractivity contribution in [3.63, 3.8) is 0 Å². The van der Waals surface area contributed by atoms with Crippen LogP contribution in [0.3, 0.4) is 0 Å². The Hall–Kier alpha value is -0.750. The van der Waals surface area contributed by atoms with Gasteiger partial charge in [-0.2, -0.15) is 0 Å². The summed E-state index contributed by atoms with van der Waals surface area (Å²) in [5, 5.41) is 0.993. The van der Waals surface area contributed by atoms with E-state index >= 15 is 0 Å². The van der Waals surface area contributed by atoms with Gasteiger partial charge in [0.25, 0.3) is 0 Å². The highest BCUT2D eigenvalue weighted by atomic mass is 35.5. The van der Waals surface area contributed by atoms with Crippen LogP contribution in [-0.4, -0.2) is 56.8 Å². The Morgan fingerprint density at radius 2 is 2.03 bits per heavy atom. The van der Waals surface area contributed by atoms with Gasteiger partial charge in [-0.15, -0.1) is 11.8 Å². The minimum atomic E-state index is -0.698. The summed E-state index contributed by atoms with van der Waals surface area (Å²) >= 11 is 14.3. The minimum absolute atomic E-state index is 0.109. The maximum atomic E-state index is 13.8. The molecule has 3 fully saturated rings. The Kier molecular flexibility index (Phi) is 5.17. The van der Waals surface area contributed by atoms with Gasteiger partial charge in [-0.3, -0.25) is 9.48 Å². The van der Waals surface area contributed by atoms with Crippen LogP contribution < -0.4 is 0 Å². The van der Waals surface area contributed by atoms with Crippen LogP contribution >= 0.6 is 35.0 Å². The Labute approximate surface area is 186 Å². The standard InChI is InChI=1S/C22H27Cl2N3OS/c23-17-4-3-15(11-18(17)24)12-20(28)22-7-6-21(19(27(22)25)5-10-29-21)13-16(22)14-26-8-1-2-9-26/h3-4,11,16,25H,1-2,5-10,12-14H2. The number of thioether (sulfide) groups is 1. The van der Waals surface area contributed by atoms with Crippen LogP contribution in [0.1, 0.15) is 44.1 Å². The molecule has 1 aromatic carbocycles. The molecule has 29 heavy (non-hydrogen) atoms. The van der Waals surface area contributed by atoms with E-state index in [0.717, 1.165) is 56.6 Å². The second-order valence-corrected chi connectivity index (χ2v) is 11.3. The number of rotatable bonds is 5. The van der Waals surface area contributed by atoms with Gasteiger partial charge < -0.3 is 10.7 Å². The first-order valence-corrected chi connectivity index (χ1v) is 12.4. The molecule has 3 unspecified atom stereocenters. The molecule has 1 spiro atoms. The first-order chi connectivity index (χ1) is 13.9. The lowest BCUT2D eigenvalue weighted by Crippen LogP contribution is -2.68. The second kappa shape index (κ2) is 7.44. The van der Waals surface area contributed by atoms with Crippen LogP contribution in [0.15, 0.2) is 18.2 Å². The lowest BCUT2D eigenvalue weighted by Gasteiger charge is -2.53. The van der Waals surface area contributed by atoms with Gasteiger partial charge in [-0.05, 0) is 56.5 Å². The molecule has 2 bridgehead atoms. The van der Waals surface area contributed by atoms with E-state index in [-0.39, 0.29) is 16.4 Å². The Morgan fingerprint density at radius 1 is 1.24 bits per heavy atom. The molecule has 2 saturated heterocycles. The highest BCUT2D eigenvalue weighted by molar-refractivity contribution is 8.01. The number of likely N-dealkylation sites (tertiary alicyclic amines) is 1. The number of carbonyl (C=O) groups excluding carboxylic acids is 1. The predicted molar refractivity (Wildman–Crippen MR) is 120 cm³/mol. The smallest absolute Gasteiger partial charge is 0.219 e. The molecule has 1 saturated carbocycles. The molecule has 0 radical (unpaired) electrons. The Bertz CT molecular complexity index is 885. The summed E-state index contributed by atoms with van der Waals surface area (Å²) in [6.45, 7) is 3.20. The summed E-state index contributed by atoms with van der Waals surface area (Å²) in [5.41, 5.74) is 1.39. The maximum Gasteiger partial charge on any atom is 0.219 e. The van der Waals surface area contributed by atoms with E-state index in [2.05, 4.69) is 4.90 Å². The number of carbonyl (C=O) groups is 1. The van der Waals surface area contributed by atoms with Crippen LogP contribution in [0, 0.1) is 5.92 Å². The number of ketones is 1.